The van der Waals surface area contributed by atoms with Gasteiger partial charge in [0.05, 0.1) is 6.10 Å². The molecule has 1 aliphatic rings. The van der Waals surface area contributed by atoms with Crippen molar-refractivity contribution in [3.8, 4) is 0 Å². The molecule has 2 nitrogen and oxygen atoms in total. The topological polar surface area (TPSA) is 21.3 Å². The molecule has 3 unspecified atom stereocenters. The highest BCUT2D eigenvalue weighted by Gasteiger charge is 2.37. The molecule has 0 radical (unpaired) electrons. The standard InChI is InChI=1S/C16H31F2NO/c1-5-9-19-13-8-7-12(16(3,4)6-2)10-14(13)20-11-15(17)18/h12-15,19H,5-11H2,1-4H3. The number of hydrogen-bond acceptors (Lipinski definition) is 2. The van der Waals surface area contributed by atoms with E-state index in [9.17, 15) is 8.78 Å². The van der Waals surface area contributed by atoms with Gasteiger partial charge in [0.1, 0.15) is 6.61 Å². The second kappa shape index (κ2) is 8.28. The van der Waals surface area contributed by atoms with Crippen molar-refractivity contribution in [1.82, 2.24) is 5.32 Å². The summed E-state index contributed by atoms with van der Waals surface area (Å²) >= 11 is 0. The number of halogens is 2. The summed E-state index contributed by atoms with van der Waals surface area (Å²) in [5.74, 6) is 0.565. The van der Waals surface area contributed by atoms with Crippen LogP contribution in [0.15, 0.2) is 0 Å². The number of rotatable bonds is 8. The molecule has 1 aliphatic carbocycles. The third kappa shape index (κ3) is 5.28. The van der Waals surface area contributed by atoms with E-state index in [2.05, 4.69) is 33.0 Å². The predicted octanol–water partition coefficient (Wildman–Crippen LogP) is 4.24. The first-order chi connectivity index (χ1) is 9.40. The predicted molar refractivity (Wildman–Crippen MR) is 79.2 cm³/mol. The molecule has 0 bridgehead atoms. The van der Waals surface area contributed by atoms with E-state index in [0.29, 0.717) is 5.92 Å². The van der Waals surface area contributed by atoms with Crippen LogP contribution in [0.4, 0.5) is 8.78 Å². The van der Waals surface area contributed by atoms with E-state index in [4.69, 9.17) is 4.74 Å². The SMILES string of the molecule is CCCNC1CCC(C(C)(C)CC)CC1OCC(F)F. The van der Waals surface area contributed by atoms with E-state index in [1.54, 1.807) is 0 Å². The molecule has 1 fully saturated rings. The molecule has 0 saturated heterocycles. The fourth-order valence-corrected chi connectivity index (χ4v) is 3.07. The van der Waals surface area contributed by atoms with Crippen LogP contribution in [0.5, 0.6) is 0 Å². The monoisotopic (exact) mass is 291 g/mol. The Hall–Kier alpha value is -0.220. The van der Waals surface area contributed by atoms with E-state index in [0.717, 1.165) is 38.6 Å². The summed E-state index contributed by atoms with van der Waals surface area (Å²) in [6.07, 6.45) is 2.82. The molecule has 0 aromatic carbocycles. The van der Waals surface area contributed by atoms with Crippen LogP contribution >= 0.6 is 0 Å². The second-order valence-electron chi connectivity index (χ2n) is 6.68. The Bertz CT molecular complexity index is 271. The minimum Gasteiger partial charge on any atom is -0.371 e. The zero-order valence-electron chi connectivity index (χ0n) is 13.4. The summed E-state index contributed by atoms with van der Waals surface area (Å²) < 4.78 is 30.4. The van der Waals surface area contributed by atoms with E-state index in [1.165, 1.54) is 0 Å². The lowest BCUT2D eigenvalue weighted by Gasteiger charge is -2.43. The van der Waals surface area contributed by atoms with Gasteiger partial charge in [-0.05, 0) is 43.6 Å². The Morgan fingerprint density at radius 1 is 1.25 bits per heavy atom. The first kappa shape index (κ1) is 17.8. The molecular weight excluding hydrogens is 260 g/mol. The fourth-order valence-electron chi connectivity index (χ4n) is 3.07. The summed E-state index contributed by atoms with van der Waals surface area (Å²) in [6, 6.07) is 0.234. The number of nitrogens with one attached hydrogen (secondary N) is 1. The molecule has 120 valence electrons. The first-order valence-corrected chi connectivity index (χ1v) is 8.03. The van der Waals surface area contributed by atoms with Crippen LogP contribution in [-0.4, -0.2) is 31.7 Å². The van der Waals surface area contributed by atoms with Gasteiger partial charge in [0.25, 0.3) is 6.43 Å². The Balaban J connectivity index is 2.62. The highest BCUT2D eigenvalue weighted by Crippen LogP contribution is 2.41. The molecule has 3 atom stereocenters. The largest absolute Gasteiger partial charge is 0.371 e. The minimum absolute atomic E-state index is 0.0693. The molecule has 4 heteroatoms. The first-order valence-electron chi connectivity index (χ1n) is 8.03. The molecular formula is C16H31F2NO. The van der Waals surface area contributed by atoms with Gasteiger partial charge in [-0.15, -0.1) is 0 Å². The maximum Gasteiger partial charge on any atom is 0.261 e. The van der Waals surface area contributed by atoms with Crippen LogP contribution in [0, 0.1) is 11.3 Å². The van der Waals surface area contributed by atoms with Crippen LogP contribution in [0.2, 0.25) is 0 Å². The van der Waals surface area contributed by atoms with Crippen LogP contribution in [-0.2, 0) is 4.74 Å². The lowest BCUT2D eigenvalue weighted by molar-refractivity contribution is -0.0695. The molecule has 0 aromatic rings. The Labute approximate surface area is 122 Å². The van der Waals surface area contributed by atoms with Crippen molar-refractivity contribution in [3.05, 3.63) is 0 Å². The Morgan fingerprint density at radius 3 is 2.50 bits per heavy atom. The van der Waals surface area contributed by atoms with Crippen molar-refractivity contribution in [2.24, 2.45) is 11.3 Å². The number of ether oxygens (including phenoxy) is 1. The highest BCUT2D eigenvalue weighted by molar-refractivity contribution is 4.91. The maximum absolute atomic E-state index is 12.4. The smallest absolute Gasteiger partial charge is 0.261 e. The van der Waals surface area contributed by atoms with Gasteiger partial charge >= 0.3 is 0 Å². The van der Waals surface area contributed by atoms with Crippen LogP contribution in [0.1, 0.15) is 59.8 Å². The highest BCUT2D eigenvalue weighted by atomic mass is 19.3. The van der Waals surface area contributed by atoms with Crippen LogP contribution < -0.4 is 5.32 Å². The second-order valence-corrected chi connectivity index (χ2v) is 6.68. The minimum atomic E-state index is -2.37. The average molecular weight is 291 g/mol. The molecule has 0 amide bonds. The van der Waals surface area contributed by atoms with Gasteiger partial charge < -0.3 is 10.1 Å². The zero-order valence-corrected chi connectivity index (χ0v) is 13.4. The van der Waals surface area contributed by atoms with Crippen molar-refractivity contribution in [2.75, 3.05) is 13.2 Å². The summed E-state index contributed by atoms with van der Waals surface area (Å²) in [6.45, 7) is 9.38. The van der Waals surface area contributed by atoms with Gasteiger partial charge in [-0.3, -0.25) is 0 Å². The summed E-state index contributed by atoms with van der Waals surface area (Å²) in [7, 11) is 0. The lowest BCUT2D eigenvalue weighted by Crippen LogP contribution is -2.48. The van der Waals surface area contributed by atoms with Crippen molar-refractivity contribution in [1.29, 1.82) is 0 Å². The van der Waals surface area contributed by atoms with Crippen LogP contribution in [0.25, 0.3) is 0 Å². The Morgan fingerprint density at radius 2 is 1.95 bits per heavy atom. The van der Waals surface area contributed by atoms with Crippen molar-refractivity contribution in [2.45, 2.75) is 78.4 Å². The van der Waals surface area contributed by atoms with Crippen molar-refractivity contribution >= 4 is 0 Å². The summed E-state index contributed by atoms with van der Waals surface area (Å²) in [5, 5.41) is 3.47. The molecule has 1 rings (SSSR count). The lowest BCUT2D eigenvalue weighted by atomic mass is 9.68. The van der Waals surface area contributed by atoms with Gasteiger partial charge in [-0.1, -0.05) is 34.1 Å². The van der Waals surface area contributed by atoms with E-state index < -0.39 is 13.0 Å². The van der Waals surface area contributed by atoms with Crippen LogP contribution in [0.3, 0.4) is 0 Å². The van der Waals surface area contributed by atoms with Gasteiger partial charge in [0.15, 0.2) is 0 Å². The van der Waals surface area contributed by atoms with E-state index in [1.807, 2.05) is 0 Å². The molecule has 1 saturated carbocycles. The summed E-state index contributed by atoms with van der Waals surface area (Å²) in [4.78, 5) is 0. The molecule has 0 aliphatic heterocycles. The van der Waals surface area contributed by atoms with Gasteiger partial charge in [-0.25, -0.2) is 8.78 Å². The van der Waals surface area contributed by atoms with Gasteiger partial charge in [0.2, 0.25) is 0 Å². The normalized spacial score (nSPS) is 28.1. The van der Waals surface area contributed by atoms with Crippen molar-refractivity contribution in [3.63, 3.8) is 0 Å². The zero-order chi connectivity index (χ0) is 15.2. The van der Waals surface area contributed by atoms with Crippen molar-refractivity contribution < 1.29 is 13.5 Å². The van der Waals surface area contributed by atoms with E-state index >= 15 is 0 Å². The molecule has 0 aromatic heterocycles. The molecule has 1 N–H and O–H groups in total. The fraction of sp³-hybridized carbons (Fsp3) is 1.00. The quantitative estimate of drug-likeness (QED) is 0.722. The third-order valence-electron chi connectivity index (χ3n) is 4.90. The van der Waals surface area contributed by atoms with E-state index in [-0.39, 0.29) is 17.6 Å². The molecule has 0 spiro atoms. The summed E-state index contributed by atoms with van der Waals surface area (Å²) in [5.41, 5.74) is 0.266. The Kier molecular flexibility index (Phi) is 7.38. The number of alkyl halides is 2. The third-order valence-corrected chi connectivity index (χ3v) is 4.90. The van der Waals surface area contributed by atoms with Gasteiger partial charge in [-0.2, -0.15) is 0 Å². The van der Waals surface area contributed by atoms with Gasteiger partial charge in [0, 0.05) is 6.04 Å². The average Bonchev–Trinajstić information content (AvgIpc) is 2.43. The molecule has 0 heterocycles. The maximum atomic E-state index is 12.4. The molecule has 20 heavy (non-hydrogen) atoms. The number of hydrogen-bond donors (Lipinski definition) is 1.